The highest BCUT2D eigenvalue weighted by Crippen LogP contribution is 2.06. The molecule has 0 atom stereocenters. The van der Waals surface area contributed by atoms with Crippen LogP contribution in [0.1, 0.15) is 38.7 Å². The van der Waals surface area contributed by atoms with Crippen LogP contribution in [-0.4, -0.2) is 41.1 Å². The monoisotopic (exact) mass is 307 g/mol. The zero-order chi connectivity index (χ0) is 16.4. The average molecular weight is 307 g/mol. The van der Waals surface area contributed by atoms with Crippen molar-refractivity contribution in [3.8, 4) is 0 Å². The fraction of sp³-hybridized carbons (Fsp3) is 0.529. The normalized spacial score (nSPS) is 10.7. The molecular formula is C17H25NO4. The van der Waals surface area contributed by atoms with Crippen molar-refractivity contribution in [3.05, 3.63) is 35.9 Å². The van der Waals surface area contributed by atoms with Crippen molar-refractivity contribution in [2.24, 2.45) is 0 Å². The molecule has 1 N–H and O–H groups in total. The summed E-state index contributed by atoms with van der Waals surface area (Å²) in [6, 6.07) is 9.89. The molecule has 0 saturated heterocycles. The molecule has 0 saturated carbocycles. The lowest BCUT2D eigenvalue weighted by molar-refractivity contribution is -0.139. The van der Waals surface area contributed by atoms with E-state index in [-0.39, 0.29) is 24.9 Å². The maximum atomic E-state index is 12.1. The Bertz CT molecular complexity index is 459. The lowest BCUT2D eigenvalue weighted by Crippen LogP contribution is -2.38. The minimum Gasteiger partial charge on any atom is -0.481 e. The van der Waals surface area contributed by atoms with E-state index in [2.05, 4.69) is 0 Å². The first kappa shape index (κ1) is 18.2. The summed E-state index contributed by atoms with van der Waals surface area (Å²) in [6.07, 6.45) is 1.00. The summed E-state index contributed by atoms with van der Waals surface area (Å²) in [5, 5.41) is 8.72. The van der Waals surface area contributed by atoms with Crippen LogP contribution >= 0.6 is 0 Å². The summed E-state index contributed by atoms with van der Waals surface area (Å²) in [7, 11) is 0. The predicted octanol–water partition coefficient (Wildman–Crippen LogP) is 2.70. The number of aliphatic carboxylic acids is 1. The molecule has 0 heterocycles. The second kappa shape index (κ2) is 9.95. The number of amides is 1. The quantitative estimate of drug-likeness (QED) is 0.675. The summed E-state index contributed by atoms with van der Waals surface area (Å²) in [4.78, 5) is 24.3. The molecule has 0 bridgehead atoms. The molecule has 5 nitrogen and oxygen atoms in total. The Morgan fingerprint density at radius 1 is 1.18 bits per heavy atom. The number of hydrogen-bond donors (Lipinski definition) is 1. The first-order chi connectivity index (χ1) is 10.5. The number of rotatable bonds is 10. The van der Waals surface area contributed by atoms with Crippen molar-refractivity contribution in [3.63, 3.8) is 0 Å². The van der Waals surface area contributed by atoms with E-state index in [4.69, 9.17) is 9.84 Å². The van der Waals surface area contributed by atoms with Gasteiger partial charge in [0.15, 0.2) is 0 Å². The summed E-state index contributed by atoms with van der Waals surface area (Å²) < 4.78 is 5.54. The van der Waals surface area contributed by atoms with Crippen LogP contribution in [0.5, 0.6) is 0 Å². The van der Waals surface area contributed by atoms with Gasteiger partial charge in [0, 0.05) is 25.6 Å². The summed E-state index contributed by atoms with van der Waals surface area (Å²) in [6.45, 7) is 5.11. The molecule has 0 unspecified atom stereocenters. The zero-order valence-corrected chi connectivity index (χ0v) is 13.3. The molecule has 0 spiro atoms. The number of benzene rings is 1. The van der Waals surface area contributed by atoms with Gasteiger partial charge >= 0.3 is 5.97 Å². The van der Waals surface area contributed by atoms with E-state index in [1.807, 2.05) is 44.2 Å². The van der Waals surface area contributed by atoms with E-state index in [0.29, 0.717) is 26.1 Å². The fourth-order valence-electron chi connectivity index (χ4n) is 2.12. The van der Waals surface area contributed by atoms with Crippen molar-refractivity contribution in [2.45, 2.75) is 45.8 Å². The number of carbonyl (C=O) groups excluding carboxylic acids is 1. The van der Waals surface area contributed by atoms with Gasteiger partial charge in [-0.3, -0.25) is 9.59 Å². The van der Waals surface area contributed by atoms with Crippen LogP contribution < -0.4 is 0 Å². The lowest BCUT2D eigenvalue weighted by atomic mass is 10.2. The average Bonchev–Trinajstić information content (AvgIpc) is 2.47. The van der Waals surface area contributed by atoms with Gasteiger partial charge in [-0.1, -0.05) is 30.3 Å². The SMILES string of the molecule is CC(C)N(CCC(=O)O)C(=O)CCCOCc1ccccc1. The predicted molar refractivity (Wildman–Crippen MR) is 84.4 cm³/mol. The zero-order valence-electron chi connectivity index (χ0n) is 13.3. The molecule has 0 aliphatic carbocycles. The second-order valence-electron chi connectivity index (χ2n) is 5.47. The van der Waals surface area contributed by atoms with Crippen LogP contribution in [0.2, 0.25) is 0 Å². The van der Waals surface area contributed by atoms with Gasteiger partial charge in [-0.2, -0.15) is 0 Å². The summed E-state index contributed by atoms with van der Waals surface area (Å²) in [5.74, 6) is -0.899. The Kier molecular flexibility index (Phi) is 8.22. The van der Waals surface area contributed by atoms with Gasteiger partial charge in [-0.05, 0) is 25.8 Å². The Hall–Kier alpha value is -1.88. The fourth-order valence-corrected chi connectivity index (χ4v) is 2.12. The van der Waals surface area contributed by atoms with Crippen LogP contribution in [0, 0.1) is 0 Å². The third kappa shape index (κ3) is 7.22. The van der Waals surface area contributed by atoms with Crippen LogP contribution in [0.15, 0.2) is 30.3 Å². The van der Waals surface area contributed by atoms with Gasteiger partial charge in [0.25, 0.3) is 0 Å². The third-order valence-corrected chi connectivity index (χ3v) is 3.30. The Labute approximate surface area is 131 Å². The van der Waals surface area contributed by atoms with Gasteiger partial charge in [0.2, 0.25) is 5.91 Å². The van der Waals surface area contributed by atoms with Gasteiger partial charge in [-0.15, -0.1) is 0 Å². The van der Waals surface area contributed by atoms with Crippen LogP contribution in [0.4, 0.5) is 0 Å². The minimum absolute atomic E-state index is 0.0112. The van der Waals surface area contributed by atoms with E-state index < -0.39 is 5.97 Å². The first-order valence-electron chi connectivity index (χ1n) is 7.63. The first-order valence-corrected chi connectivity index (χ1v) is 7.63. The molecule has 1 rings (SSSR count). The second-order valence-corrected chi connectivity index (χ2v) is 5.47. The Morgan fingerprint density at radius 3 is 2.45 bits per heavy atom. The molecular weight excluding hydrogens is 282 g/mol. The highest BCUT2D eigenvalue weighted by Gasteiger charge is 2.17. The maximum Gasteiger partial charge on any atom is 0.305 e. The topological polar surface area (TPSA) is 66.8 Å². The van der Waals surface area contributed by atoms with Gasteiger partial charge in [0.1, 0.15) is 0 Å². The van der Waals surface area contributed by atoms with Crippen molar-refractivity contribution >= 4 is 11.9 Å². The highest BCUT2D eigenvalue weighted by atomic mass is 16.5. The minimum atomic E-state index is -0.885. The van der Waals surface area contributed by atoms with Gasteiger partial charge < -0.3 is 14.7 Å². The number of carboxylic acid groups (broad SMARTS) is 1. The van der Waals surface area contributed by atoms with E-state index >= 15 is 0 Å². The molecule has 0 fully saturated rings. The van der Waals surface area contributed by atoms with E-state index in [0.717, 1.165) is 5.56 Å². The number of carbonyl (C=O) groups is 2. The number of nitrogens with zero attached hydrogens (tertiary/aromatic N) is 1. The molecule has 1 amide bonds. The van der Waals surface area contributed by atoms with Crippen molar-refractivity contribution in [1.29, 1.82) is 0 Å². The summed E-state index contributed by atoms with van der Waals surface area (Å²) in [5.41, 5.74) is 1.11. The number of carboxylic acids is 1. The van der Waals surface area contributed by atoms with Crippen molar-refractivity contribution < 1.29 is 19.4 Å². The molecule has 0 aromatic heterocycles. The number of hydrogen-bond acceptors (Lipinski definition) is 3. The largest absolute Gasteiger partial charge is 0.481 e. The highest BCUT2D eigenvalue weighted by molar-refractivity contribution is 5.77. The molecule has 122 valence electrons. The van der Waals surface area contributed by atoms with Gasteiger partial charge in [-0.25, -0.2) is 0 Å². The van der Waals surface area contributed by atoms with Crippen molar-refractivity contribution in [2.75, 3.05) is 13.2 Å². The Morgan fingerprint density at radius 2 is 1.86 bits per heavy atom. The molecule has 5 heteroatoms. The molecule has 0 radical (unpaired) electrons. The van der Waals surface area contributed by atoms with Gasteiger partial charge in [0.05, 0.1) is 13.0 Å². The molecule has 0 aliphatic rings. The standard InChI is InChI=1S/C17H25NO4/c1-14(2)18(11-10-17(20)21)16(19)9-6-12-22-13-15-7-4-3-5-8-15/h3-5,7-8,14H,6,9-13H2,1-2H3,(H,20,21). The third-order valence-electron chi connectivity index (χ3n) is 3.30. The van der Waals surface area contributed by atoms with E-state index in [1.54, 1.807) is 4.90 Å². The van der Waals surface area contributed by atoms with Crippen LogP contribution in [0.25, 0.3) is 0 Å². The van der Waals surface area contributed by atoms with Crippen LogP contribution in [-0.2, 0) is 20.9 Å². The summed E-state index contributed by atoms with van der Waals surface area (Å²) >= 11 is 0. The lowest BCUT2D eigenvalue weighted by Gasteiger charge is -2.26. The van der Waals surface area contributed by atoms with Crippen LogP contribution in [0.3, 0.4) is 0 Å². The number of ether oxygens (including phenoxy) is 1. The molecule has 0 aliphatic heterocycles. The van der Waals surface area contributed by atoms with E-state index in [1.165, 1.54) is 0 Å². The Balaban J connectivity index is 2.24. The molecule has 22 heavy (non-hydrogen) atoms. The maximum absolute atomic E-state index is 12.1. The van der Waals surface area contributed by atoms with E-state index in [9.17, 15) is 9.59 Å². The molecule has 1 aromatic rings. The van der Waals surface area contributed by atoms with Crippen molar-refractivity contribution in [1.82, 2.24) is 4.90 Å². The molecule has 1 aromatic carbocycles. The smallest absolute Gasteiger partial charge is 0.305 e.